The lowest BCUT2D eigenvalue weighted by Crippen LogP contribution is -2.43. The Morgan fingerprint density at radius 3 is 2.67 bits per heavy atom. The number of aliphatic carboxylic acids is 1. The fourth-order valence-corrected chi connectivity index (χ4v) is 2.69. The van der Waals surface area contributed by atoms with Gasteiger partial charge in [0.05, 0.1) is 0 Å². The van der Waals surface area contributed by atoms with Gasteiger partial charge in [-0.15, -0.1) is 0 Å². The van der Waals surface area contributed by atoms with E-state index in [0.717, 1.165) is 25.1 Å². The highest BCUT2D eigenvalue weighted by atomic mass is 16.4. The van der Waals surface area contributed by atoms with E-state index in [-0.39, 0.29) is 5.41 Å². The minimum absolute atomic E-state index is 0.111. The van der Waals surface area contributed by atoms with Crippen molar-refractivity contribution in [3.63, 3.8) is 0 Å². The molecule has 1 unspecified atom stereocenters. The molecule has 1 aromatic rings. The minimum Gasteiger partial charge on any atom is -0.480 e. The number of hydrogen-bond acceptors (Lipinski definition) is 2. The van der Waals surface area contributed by atoms with Crippen molar-refractivity contribution in [3.8, 4) is 0 Å². The first-order chi connectivity index (χ1) is 8.38. The molecule has 1 atom stereocenters. The van der Waals surface area contributed by atoms with Crippen LogP contribution in [-0.2, 0) is 11.2 Å². The van der Waals surface area contributed by atoms with Crippen LogP contribution in [0.4, 0.5) is 0 Å². The van der Waals surface area contributed by atoms with Crippen molar-refractivity contribution in [2.75, 3.05) is 13.1 Å². The maximum atomic E-state index is 11.6. The molecule has 0 saturated carbocycles. The number of carbonyl (C=O) groups is 1. The van der Waals surface area contributed by atoms with Gasteiger partial charge in [-0.3, -0.25) is 9.69 Å². The molecule has 3 heteroatoms. The summed E-state index contributed by atoms with van der Waals surface area (Å²) in [5.74, 6) is -0.744. The summed E-state index contributed by atoms with van der Waals surface area (Å²) in [6.07, 6.45) is 0.941. The molecule has 3 nitrogen and oxygen atoms in total. The predicted molar refractivity (Wildman–Crippen MR) is 71.6 cm³/mol. The van der Waals surface area contributed by atoms with Crippen LogP contribution in [0.15, 0.2) is 24.3 Å². The Morgan fingerprint density at radius 2 is 2.06 bits per heavy atom. The molecule has 2 rings (SSSR count). The highest BCUT2D eigenvalue weighted by molar-refractivity contribution is 5.76. The maximum absolute atomic E-state index is 11.6. The van der Waals surface area contributed by atoms with Crippen LogP contribution < -0.4 is 0 Å². The lowest BCUT2D eigenvalue weighted by molar-refractivity contribution is -0.144. The van der Waals surface area contributed by atoms with Crippen molar-refractivity contribution < 1.29 is 9.90 Å². The minimum atomic E-state index is -0.744. The smallest absolute Gasteiger partial charge is 0.325 e. The third-order valence-corrected chi connectivity index (χ3v) is 3.29. The van der Waals surface area contributed by atoms with Crippen molar-refractivity contribution >= 4 is 5.97 Å². The zero-order chi connectivity index (χ0) is 13.3. The summed E-state index contributed by atoms with van der Waals surface area (Å²) in [5, 5.41) is 9.51. The Kier molecular flexibility index (Phi) is 3.44. The lowest BCUT2D eigenvalue weighted by Gasteiger charge is -2.38. The van der Waals surface area contributed by atoms with E-state index < -0.39 is 12.0 Å². The molecule has 98 valence electrons. The van der Waals surface area contributed by atoms with Crippen LogP contribution in [0, 0.1) is 5.41 Å². The molecule has 1 aliphatic rings. The average Bonchev–Trinajstić information content (AvgIpc) is 2.26. The van der Waals surface area contributed by atoms with E-state index in [9.17, 15) is 9.90 Å². The molecule has 0 fully saturated rings. The van der Waals surface area contributed by atoms with Crippen molar-refractivity contribution in [1.29, 1.82) is 0 Å². The summed E-state index contributed by atoms with van der Waals surface area (Å²) in [7, 11) is 0. The molecule has 0 spiro atoms. The van der Waals surface area contributed by atoms with E-state index in [1.165, 1.54) is 5.56 Å². The van der Waals surface area contributed by atoms with Gasteiger partial charge in [-0.2, -0.15) is 0 Å². The molecule has 0 bridgehead atoms. The highest BCUT2D eigenvalue weighted by Crippen LogP contribution is 2.32. The number of fused-ring (bicyclic) bond motifs is 1. The first-order valence-corrected chi connectivity index (χ1v) is 6.43. The molecule has 0 saturated heterocycles. The number of benzene rings is 1. The van der Waals surface area contributed by atoms with Crippen LogP contribution in [0.3, 0.4) is 0 Å². The van der Waals surface area contributed by atoms with E-state index in [2.05, 4.69) is 25.7 Å². The van der Waals surface area contributed by atoms with E-state index in [4.69, 9.17) is 0 Å². The quantitative estimate of drug-likeness (QED) is 0.873. The van der Waals surface area contributed by atoms with Crippen LogP contribution in [0.5, 0.6) is 0 Å². The van der Waals surface area contributed by atoms with Gasteiger partial charge in [0.1, 0.15) is 6.04 Å². The molecule has 18 heavy (non-hydrogen) atoms. The monoisotopic (exact) mass is 247 g/mol. The molecular formula is C15H21NO2. The standard InChI is InChI=1S/C15H21NO2/c1-15(2,3)10-16-9-8-11-6-4-5-7-12(11)13(16)14(17)18/h4-7,13H,8-10H2,1-3H3,(H,17,18). The SMILES string of the molecule is CC(C)(C)CN1CCc2ccccc2C1C(=O)O. The zero-order valence-electron chi connectivity index (χ0n) is 11.3. The third-order valence-electron chi connectivity index (χ3n) is 3.29. The normalized spacial score (nSPS) is 20.5. The first kappa shape index (κ1) is 13.1. The number of nitrogens with zero attached hydrogens (tertiary/aromatic N) is 1. The van der Waals surface area contributed by atoms with Gasteiger partial charge in [-0.05, 0) is 23.0 Å². The van der Waals surface area contributed by atoms with E-state index in [1.807, 2.05) is 24.3 Å². The van der Waals surface area contributed by atoms with Gasteiger partial charge in [0.15, 0.2) is 0 Å². The molecule has 1 heterocycles. The Labute approximate surface area is 108 Å². The lowest BCUT2D eigenvalue weighted by atomic mass is 9.89. The second kappa shape index (κ2) is 4.73. The van der Waals surface area contributed by atoms with Gasteiger partial charge in [0, 0.05) is 13.1 Å². The van der Waals surface area contributed by atoms with Gasteiger partial charge >= 0.3 is 5.97 Å². The molecule has 0 aromatic heterocycles. The fraction of sp³-hybridized carbons (Fsp3) is 0.533. The average molecular weight is 247 g/mol. The molecule has 1 aliphatic heterocycles. The molecule has 0 aliphatic carbocycles. The molecular weight excluding hydrogens is 226 g/mol. The molecule has 0 amide bonds. The zero-order valence-corrected chi connectivity index (χ0v) is 11.3. The fourth-order valence-electron chi connectivity index (χ4n) is 2.69. The van der Waals surface area contributed by atoms with Gasteiger partial charge in [-0.1, -0.05) is 45.0 Å². The molecule has 0 radical (unpaired) electrons. The Balaban J connectivity index is 2.33. The third kappa shape index (κ3) is 2.72. The summed E-state index contributed by atoms with van der Waals surface area (Å²) in [6.45, 7) is 8.06. The summed E-state index contributed by atoms with van der Waals surface area (Å²) in [5.41, 5.74) is 2.25. The molecule has 1 aromatic carbocycles. The van der Waals surface area contributed by atoms with E-state index >= 15 is 0 Å². The first-order valence-electron chi connectivity index (χ1n) is 6.43. The van der Waals surface area contributed by atoms with Gasteiger partial charge in [-0.25, -0.2) is 0 Å². The van der Waals surface area contributed by atoms with Crippen LogP contribution in [-0.4, -0.2) is 29.1 Å². The summed E-state index contributed by atoms with van der Waals surface area (Å²) in [4.78, 5) is 13.7. The van der Waals surface area contributed by atoms with Crippen LogP contribution in [0.25, 0.3) is 0 Å². The van der Waals surface area contributed by atoms with Crippen LogP contribution in [0.1, 0.15) is 37.9 Å². The summed E-state index contributed by atoms with van der Waals surface area (Å²) >= 11 is 0. The van der Waals surface area contributed by atoms with Gasteiger partial charge < -0.3 is 5.11 Å². The highest BCUT2D eigenvalue weighted by Gasteiger charge is 2.34. The Morgan fingerprint density at radius 1 is 1.39 bits per heavy atom. The van der Waals surface area contributed by atoms with Crippen LogP contribution in [0.2, 0.25) is 0 Å². The van der Waals surface area contributed by atoms with Crippen molar-refractivity contribution in [1.82, 2.24) is 4.90 Å². The number of hydrogen-bond donors (Lipinski definition) is 1. The second-order valence-electron chi connectivity index (χ2n) is 6.22. The Bertz CT molecular complexity index is 448. The summed E-state index contributed by atoms with van der Waals surface area (Å²) in [6, 6.07) is 7.41. The maximum Gasteiger partial charge on any atom is 0.325 e. The van der Waals surface area contributed by atoms with Crippen molar-refractivity contribution in [2.24, 2.45) is 5.41 Å². The molecule has 1 N–H and O–H groups in total. The number of rotatable bonds is 2. The predicted octanol–water partition coefficient (Wildman–Crippen LogP) is 2.72. The second-order valence-corrected chi connectivity index (χ2v) is 6.22. The van der Waals surface area contributed by atoms with Crippen LogP contribution >= 0.6 is 0 Å². The van der Waals surface area contributed by atoms with Crippen molar-refractivity contribution in [2.45, 2.75) is 33.2 Å². The number of carboxylic acid groups (broad SMARTS) is 1. The number of carboxylic acids is 1. The van der Waals surface area contributed by atoms with Crippen molar-refractivity contribution in [3.05, 3.63) is 35.4 Å². The largest absolute Gasteiger partial charge is 0.480 e. The van der Waals surface area contributed by atoms with Gasteiger partial charge in [0.2, 0.25) is 0 Å². The van der Waals surface area contributed by atoms with Gasteiger partial charge in [0.25, 0.3) is 0 Å². The Hall–Kier alpha value is -1.35. The van der Waals surface area contributed by atoms with E-state index in [1.54, 1.807) is 0 Å². The summed E-state index contributed by atoms with van der Waals surface area (Å²) < 4.78 is 0. The topological polar surface area (TPSA) is 40.5 Å². The van der Waals surface area contributed by atoms with E-state index in [0.29, 0.717) is 0 Å².